The smallest absolute Gasteiger partial charge is 0.227 e. The number of carbonyl (C=O) groups excluding carboxylic acids is 1. The van der Waals surface area contributed by atoms with Crippen LogP contribution in [0.2, 0.25) is 0 Å². The molecule has 1 aliphatic heterocycles. The molecule has 0 spiro atoms. The average molecular weight is 443 g/mol. The lowest BCUT2D eigenvalue weighted by Gasteiger charge is -2.32. The van der Waals surface area contributed by atoms with Gasteiger partial charge < -0.3 is 14.8 Å². The van der Waals surface area contributed by atoms with E-state index in [0.29, 0.717) is 17.3 Å². The molecule has 28 heavy (non-hydrogen) atoms. The van der Waals surface area contributed by atoms with Gasteiger partial charge in [-0.1, -0.05) is 15.9 Å². The zero-order valence-corrected chi connectivity index (χ0v) is 16.8. The standard InChI is InChI=1S/C21H20BrFN4O/c22-16-3-5-19(18(23)13-16)25-21(28)15-7-11-27(12-8-15)20-6-4-17(14-24-20)26-9-1-2-10-26/h1-6,9-10,13-15H,7-8,11-12H2,(H,25,28). The molecule has 0 aliphatic carbocycles. The highest BCUT2D eigenvalue weighted by Crippen LogP contribution is 2.25. The van der Waals surface area contributed by atoms with Crippen LogP contribution in [-0.4, -0.2) is 28.5 Å². The van der Waals surface area contributed by atoms with Crippen LogP contribution in [0.25, 0.3) is 5.69 Å². The quantitative estimate of drug-likeness (QED) is 0.640. The summed E-state index contributed by atoms with van der Waals surface area (Å²) in [6.45, 7) is 1.49. The Bertz CT molecular complexity index is 951. The zero-order chi connectivity index (χ0) is 19.5. The van der Waals surface area contributed by atoms with Crippen LogP contribution in [0.3, 0.4) is 0 Å². The molecule has 1 fully saturated rings. The Morgan fingerprint density at radius 3 is 2.54 bits per heavy atom. The number of nitrogens with one attached hydrogen (secondary N) is 1. The van der Waals surface area contributed by atoms with E-state index >= 15 is 0 Å². The summed E-state index contributed by atoms with van der Waals surface area (Å²) in [4.78, 5) is 19.2. The van der Waals surface area contributed by atoms with Gasteiger partial charge >= 0.3 is 0 Å². The second kappa shape index (κ2) is 8.14. The van der Waals surface area contributed by atoms with Gasteiger partial charge in [0.25, 0.3) is 0 Å². The number of aromatic nitrogens is 2. The third kappa shape index (κ3) is 4.09. The molecular formula is C21H20BrFN4O. The van der Waals surface area contributed by atoms with Crippen molar-refractivity contribution in [1.29, 1.82) is 0 Å². The number of hydrogen-bond donors (Lipinski definition) is 1. The molecule has 0 unspecified atom stereocenters. The van der Waals surface area contributed by atoms with E-state index in [9.17, 15) is 9.18 Å². The molecule has 0 bridgehead atoms. The van der Waals surface area contributed by atoms with Crippen LogP contribution in [0.4, 0.5) is 15.9 Å². The molecule has 0 atom stereocenters. The van der Waals surface area contributed by atoms with Gasteiger partial charge in [-0.3, -0.25) is 4.79 Å². The Balaban J connectivity index is 1.34. The molecule has 2 aromatic heterocycles. The minimum Gasteiger partial charge on any atom is -0.357 e. The van der Waals surface area contributed by atoms with Crippen LogP contribution in [0.5, 0.6) is 0 Å². The number of hydrogen-bond acceptors (Lipinski definition) is 3. The van der Waals surface area contributed by atoms with Crippen molar-refractivity contribution in [2.24, 2.45) is 5.92 Å². The monoisotopic (exact) mass is 442 g/mol. The van der Waals surface area contributed by atoms with Crippen molar-refractivity contribution >= 4 is 33.3 Å². The number of anilines is 2. The number of piperidine rings is 1. The van der Waals surface area contributed by atoms with Crippen LogP contribution < -0.4 is 10.2 Å². The Kier molecular flexibility index (Phi) is 5.43. The molecule has 1 aliphatic rings. The van der Waals surface area contributed by atoms with E-state index in [2.05, 4.69) is 31.1 Å². The number of rotatable bonds is 4. The Labute approximate surface area is 171 Å². The Morgan fingerprint density at radius 1 is 1.14 bits per heavy atom. The van der Waals surface area contributed by atoms with E-state index in [1.807, 2.05) is 47.4 Å². The third-order valence-corrected chi connectivity index (χ3v) is 5.51. The molecule has 4 rings (SSSR count). The van der Waals surface area contributed by atoms with Crippen molar-refractivity contribution in [3.63, 3.8) is 0 Å². The lowest BCUT2D eigenvalue weighted by atomic mass is 9.95. The van der Waals surface area contributed by atoms with E-state index in [1.54, 1.807) is 12.1 Å². The largest absolute Gasteiger partial charge is 0.357 e. The van der Waals surface area contributed by atoms with Crippen LogP contribution in [0.1, 0.15) is 12.8 Å². The first-order chi connectivity index (χ1) is 13.6. The Morgan fingerprint density at radius 2 is 1.89 bits per heavy atom. The second-order valence-corrected chi connectivity index (χ2v) is 7.76. The maximum absolute atomic E-state index is 13.9. The summed E-state index contributed by atoms with van der Waals surface area (Å²) in [5.41, 5.74) is 1.23. The summed E-state index contributed by atoms with van der Waals surface area (Å²) in [5, 5.41) is 2.71. The molecule has 0 saturated carbocycles. The van der Waals surface area contributed by atoms with Crippen LogP contribution in [-0.2, 0) is 4.79 Å². The maximum atomic E-state index is 13.9. The molecule has 3 heterocycles. The maximum Gasteiger partial charge on any atom is 0.227 e. The van der Waals surface area contributed by atoms with Gasteiger partial charge in [-0.05, 0) is 55.3 Å². The number of carbonyl (C=O) groups is 1. The number of benzene rings is 1. The summed E-state index contributed by atoms with van der Waals surface area (Å²) < 4.78 is 16.6. The molecule has 144 valence electrons. The van der Waals surface area contributed by atoms with Gasteiger partial charge in [-0.15, -0.1) is 0 Å². The first kappa shape index (κ1) is 18.7. The molecule has 1 aromatic carbocycles. The minimum atomic E-state index is -0.438. The van der Waals surface area contributed by atoms with Gasteiger partial charge in [0.15, 0.2) is 0 Å². The summed E-state index contributed by atoms with van der Waals surface area (Å²) in [7, 11) is 0. The van der Waals surface area contributed by atoms with Gasteiger partial charge in [-0.25, -0.2) is 9.37 Å². The fraction of sp³-hybridized carbons (Fsp3) is 0.238. The summed E-state index contributed by atoms with van der Waals surface area (Å²) in [6, 6.07) is 12.6. The van der Waals surface area contributed by atoms with Gasteiger partial charge in [0.1, 0.15) is 11.6 Å². The fourth-order valence-corrected chi connectivity index (χ4v) is 3.75. The van der Waals surface area contributed by atoms with Crippen molar-refractivity contribution in [3.8, 4) is 5.69 Å². The van der Waals surface area contributed by atoms with Crippen molar-refractivity contribution in [2.75, 3.05) is 23.3 Å². The first-order valence-corrected chi connectivity index (χ1v) is 10.00. The first-order valence-electron chi connectivity index (χ1n) is 9.20. The summed E-state index contributed by atoms with van der Waals surface area (Å²) in [6.07, 6.45) is 7.24. The Hall–Kier alpha value is -2.67. The second-order valence-electron chi connectivity index (χ2n) is 6.84. The third-order valence-electron chi connectivity index (χ3n) is 5.01. The number of pyridine rings is 1. The zero-order valence-electron chi connectivity index (χ0n) is 15.2. The van der Waals surface area contributed by atoms with Crippen LogP contribution in [0, 0.1) is 11.7 Å². The minimum absolute atomic E-state index is 0.126. The van der Waals surface area contributed by atoms with Gasteiger partial charge in [0.2, 0.25) is 5.91 Å². The van der Waals surface area contributed by atoms with E-state index < -0.39 is 5.82 Å². The van der Waals surface area contributed by atoms with E-state index in [1.165, 1.54) is 6.07 Å². The molecule has 1 N–H and O–H groups in total. The van der Waals surface area contributed by atoms with Crippen molar-refractivity contribution in [1.82, 2.24) is 9.55 Å². The molecular weight excluding hydrogens is 423 g/mol. The van der Waals surface area contributed by atoms with E-state index in [-0.39, 0.29) is 17.5 Å². The van der Waals surface area contributed by atoms with Crippen molar-refractivity contribution < 1.29 is 9.18 Å². The predicted molar refractivity (Wildman–Crippen MR) is 111 cm³/mol. The van der Waals surface area contributed by atoms with Gasteiger partial charge in [0.05, 0.1) is 17.6 Å². The normalized spacial score (nSPS) is 14.9. The molecule has 1 amide bonds. The van der Waals surface area contributed by atoms with E-state index in [0.717, 1.165) is 24.6 Å². The number of nitrogens with zero attached hydrogens (tertiary/aromatic N) is 3. The highest BCUT2D eigenvalue weighted by atomic mass is 79.9. The van der Waals surface area contributed by atoms with E-state index in [4.69, 9.17) is 0 Å². The van der Waals surface area contributed by atoms with Crippen molar-refractivity contribution in [3.05, 3.63) is 71.3 Å². The lowest BCUT2D eigenvalue weighted by molar-refractivity contribution is -0.120. The predicted octanol–water partition coefficient (Wildman–Crippen LogP) is 4.63. The van der Waals surface area contributed by atoms with Crippen LogP contribution in [0.15, 0.2) is 65.5 Å². The summed E-state index contributed by atoms with van der Waals surface area (Å²) >= 11 is 3.22. The number of amides is 1. The highest BCUT2D eigenvalue weighted by molar-refractivity contribution is 9.10. The SMILES string of the molecule is O=C(Nc1ccc(Br)cc1F)C1CCN(c2ccc(-n3cccc3)cn2)CC1. The topological polar surface area (TPSA) is 50.2 Å². The number of halogens is 2. The molecule has 3 aromatic rings. The lowest BCUT2D eigenvalue weighted by Crippen LogP contribution is -2.38. The van der Waals surface area contributed by atoms with Gasteiger partial charge in [0, 0.05) is 35.9 Å². The highest BCUT2D eigenvalue weighted by Gasteiger charge is 2.26. The fourth-order valence-electron chi connectivity index (χ4n) is 3.42. The average Bonchev–Trinajstić information content (AvgIpc) is 3.25. The van der Waals surface area contributed by atoms with Crippen molar-refractivity contribution in [2.45, 2.75) is 12.8 Å². The van der Waals surface area contributed by atoms with Gasteiger partial charge in [-0.2, -0.15) is 0 Å². The summed E-state index contributed by atoms with van der Waals surface area (Å²) in [5.74, 6) is 0.219. The molecule has 1 saturated heterocycles. The molecule has 0 radical (unpaired) electrons. The van der Waals surface area contributed by atoms with Crippen LogP contribution >= 0.6 is 15.9 Å². The molecule has 5 nitrogen and oxygen atoms in total. The molecule has 7 heteroatoms.